The second-order valence-corrected chi connectivity index (χ2v) is 6.23. The Morgan fingerprint density at radius 3 is 2.56 bits per heavy atom. The van der Waals surface area contributed by atoms with Crippen LogP contribution in [0.5, 0.6) is 5.75 Å². The summed E-state index contributed by atoms with van der Waals surface area (Å²) in [6.45, 7) is 3.82. The third kappa shape index (κ3) is 4.72. The van der Waals surface area contributed by atoms with Crippen LogP contribution in [-0.2, 0) is 11.2 Å². The van der Waals surface area contributed by atoms with E-state index in [0.29, 0.717) is 11.4 Å². The van der Waals surface area contributed by atoms with Gasteiger partial charge < -0.3 is 15.0 Å². The molecule has 1 N–H and O–H groups in total. The molecular formula is C20H23FN2O2. The Labute approximate surface area is 147 Å². The normalized spacial score (nSPS) is 13.8. The van der Waals surface area contributed by atoms with E-state index in [2.05, 4.69) is 17.1 Å². The number of halogens is 1. The molecule has 0 atom stereocenters. The quantitative estimate of drug-likeness (QED) is 0.862. The van der Waals surface area contributed by atoms with Crippen molar-refractivity contribution in [3.63, 3.8) is 0 Å². The van der Waals surface area contributed by atoms with Crippen molar-refractivity contribution < 1.29 is 13.9 Å². The lowest BCUT2D eigenvalue weighted by Gasteiger charge is -2.19. The van der Waals surface area contributed by atoms with Crippen LogP contribution in [0.1, 0.15) is 25.3 Å². The summed E-state index contributed by atoms with van der Waals surface area (Å²) < 4.78 is 19.3. The van der Waals surface area contributed by atoms with E-state index in [1.807, 2.05) is 30.3 Å². The van der Waals surface area contributed by atoms with Gasteiger partial charge in [0.25, 0.3) is 5.91 Å². The molecule has 1 aliphatic heterocycles. The highest BCUT2D eigenvalue weighted by atomic mass is 19.1. The number of aryl methyl sites for hydroxylation is 1. The molecule has 1 heterocycles. The molecule has 1 amide bonds. The van der Waals surface area contributed by atoms with Gasteiger partial charge in [0.05, 0.1) is 0 Å². The fraction of sp³-hybridized carbons (Fsp3) is 0.350. The van der Waals surface area contributed by atoms with Crippen LogP contribution < -0.4 is 15.0 Å². The van der Waals surface area contributed by atoms with Crippen LogP contribution in [0.3, 0.4) is 0 Å². The van der Waals surface area contributed by atoms with E-state index in [1.54, 1.807) is 0 Å². The molecule has 25 heavy (non-hydrogen) atoms. The topological polar surface area (TPSA) is 41.6 Å². The van der Waals surface area contributed by atoms with Crippen LogP contribution in [0, 0.1) is 5.82 Å². The van der Waals surface area contributed by atoms with E-state index in [4.69, 9.17) is 4.74 Å². The molecule has 1 aliphatic rings. The summed E-state index contributed by atoms with van der Waals surface area (Å²) in [6, 6.07) is 12.3. The van der Waals surface area contributed by atoms with Gasteiger partial charge in [-0.1, -0.05) is 19.1 Å². The molecule has 0 aliphatic carbocycles. The third-order valence-electron chi connectivity index (χ3n) is 4.34. The molecule has 3 rings (SSSR count). The molecule has 1 saturated heterocycles. The number of nitrogens with zero attached hydrogens (tertiary/aromatic N) is 1. The summed E-state index contributed by atoms with van der Waals surface area (Å²) in [7, 11) is 0. The molecular weight excluding hydrogens is 319 g/mol. The summed E-state index contributed by atoms with van der Waals surface area (Å²) in [5.41, 5.74) is 2.48. The van der Waals surface area contributed by atoms with Gasteiger partial charge in [0.2, 0.25) is 0 Å². The van der Waals surface area contributed by atoms with E-state index in [9.17, 15) is 9.18 Å². The maximum Gasteiger partial charge on any atom is 0.262 e. The first kappa shape index (κ1) is 17.3. The summed E-state index contributed by atoms with van der Waals surface area (Å²) in [5, 5.41) is 2.71. The number of hydrogen-bond donors (Lipinski definition) is 1. The highest BCUT2D eigenvalue weighted by molar-refractivity contribution is 5.92. The third-order valence-corrected chi connectivity index (χ3v) is 4.34. The van der Waals surface area contributed by atoms with Gasteiger partial charge in [0.1, 0.15) is 11.6 Å². The Balaban J connectivity index is 1.58. The number of amides is 1. The molecule has 0 saturated carbocycles. The fourth-order valence-electron chi connectivity index (χ4n) is 2.97. The summed E-state index contributed by atoms with van der Waals surface area (Å²) >= 11 is 0. The second kappa shape index (κ2) is 8.01. The molecule has 5 heteroatoms. The van der Waals surface area contributed by atoms with E-state index < -0.39 is 0 Å². The number of carbonyl (C=O) groups excluding carboxylic acids is 1. The number of nitrogens with one attached hydrogen (secondary N) is 1. The largest absolute Gasteiger partial charge is 0.484 e. The van der Waals surface area contributed by atoms with Crippen molar-refractivity contribution >= 4 is 17.3 Å². The lowest BCUT2D eigenvalue weighted by molar-refractivity contribution is -0.118. The summed E-state index contributed by atoms with van der Waals surface area (Å²) in [4.78, 5) is 14.2. The predicted octanol–water partition coefficient (Wildman–Crippen LogP) is 4.01. The van der Waals surface area contributed by atoms with Gasteiger partial charge >= 0.3 is 0 Å². The van der Waals surface area contributed by atoms with Crippen molar-refractivity contribution in [3.05, 3.63) is 53.8 Å². The highest BCUT2D eigenvalue weighted by Crippen LogP contribution is 2.25. The molecule has 0 bridgehead atoms. The fourth-order valence-corrected chi connectivity index (χ4v) is 2.97. The zero-order chi connectivity index (χ0) is 17.6. The van der Waals surface area contributed by atoms with Crippen molar-refractivity contribution in [2.75, 3.05) is 29.9 Å². The minimum atomic E-state index is -0.351. The Bertz CT molecular complexity index is 725. The molecule has 1 fully saturated rings. The Kier molecular flexibility index (Phi) is 5.53. The first-order valence-electron chi connectivity index (χ1n) is 8.71. The average Bonchev–Trinajstić information content (AvgIpc) is 3.14. The summed E-state index contributed by atoms with van der Waals surface area (Å²) in [6.07, 6.45) is 3.19. The molecule has 132 valence electrons. The van der Waals surface area contributed by atoms with Crippen molar-refractivity contribution in [2.45, 2.75) is 26.2 Å². The molecule has 0 unspecified atom stereocenters. The minimum Gasteiger partial charge on any atom is -0.484 e. The Morgan fingerprint density at radius 2 is 1.88 bits per heavy atom. The maximum absolute atomic E-state index is 13.8. The standard InChI is InChI=1S/C20H23FN2O2/c1-2-15-5-7-19(8-6-15)25-14-20(24)22-17-11-16(21)12-18(13-17)23-9-3-4-10-23/h5-8,11-13H,2-4,9-10,14H2,1H3,(H,22,24). The van der Waals surface area contributed by atoms with Gasteiger partial charge in [-0.2, -0.15) is 0 Å². The second-order valence-electron chi connectivity index (χ2n) is 6.23. The van der Waals surface area contributed by atoms with Gasteiger partial charge in [-0.15, -0.1) is 0 Å². The number of hydrogen-bond acceptors (Lipinski definition) is 3. The molecule has 2 aromatic rings. The van der Waals surface area contributed by atoms with Crippen LogP contribution in [0.25, 0.3) is 0 Å². The number of benzene rings is 2. The van der Waals surface area contributed by atoms with Crippen molar-refractivity contribution in [2.24, 2.45) is 0 Å². The van der Waals surface area contributed by atoms with Gasteiger partial charge in [-0.25, -0.2) is 4.39 Å². The number of rotatable bonds is 6. The van der Waals surface area contributed by atoms with Crippen LogP contribution in [0.15, 0.2) is 42.5 Å². The number of ether oxygens (including phenoxy) is 1. The highest BCUT2D eigenvalue weighted by Gasteiger charge is 2.14. The monoisotopic (exact) mass is 342 g/mol. The van der Waals surface area contributed by atoms with Crippen LogP contribution in [0.4, 0.5) is 15.8 Å². The van der Waals surface area contributed by atoms with E-state index >= 15 is 0 Å². The van der Waals surface area contributed by atoms with E-state index in [0.717, 1.165) is 38.0 Å². The predicted molar refractivity (Wildman–Crippen MR) is 97.8 cm³/mol. The van der Waals surface area contributed by atoms with Gasteiger partial charge in [-0.05, 0) is 55.2 Å². The Morgan fingerprint density at radius 1 is 1.16 bits per heavy atom. The first-order chi connectivity index (χ1) is 12.1. The van der Waals surface area contributed by atoms with Gasteiger partial charge in [0.15, 0.2) is 6.61 Å². The maximum atomic E-state index is 13.8. The lowest BCUT2D eigenvalue weighted by Crippen LogP contribution is -2.21. The molecule has 2 aromatic carbocycles. The van der Waals surface area contributed by atoms with Gasteiger partial charge in [0, 0.05) is 24.5 Å². The van der Waals surface area contributed by atoms with E-state index in [1.165, 1.54) is 17.7 Å². The number of carbonyl (C=O) groups is 1. The number of anilines is 2. The van der Waals surface area contributed by atoms with Crippen molar-refractivity contribution in [3.8, 4) is 5.75 Å². The van der Waals surface area contributed by atoms with Crippen molar-refractivity contribution in [1.29, 1.82) is 0 Å². The van der Waals surface area contributed by atoms with Crippen LogP contribution >= 0.6 is 0 Å². The summed E-state index contributed by atoms with van der Waals surface area (Å²) in [5.74, 6) is -0.0161. The molecule has 0 aromatic heterocycles. The molecule has 0 radical (unpaired) electrons. The smallest absolute Gasteiger partial charge is 0.262 e. The SMILES string of the molecule is CCc1ccc(OCC(=O)Nc2cc(F)cc(N3CCCC3)c2)cc1. The van der Waals surface area contributed by atoms with Crippen LogP contribution in [-0.4, -0.2) is 25.6 Å². The lowest BCUT2D eigenvalue weighted by atomic mass is 10.2. The average molecular weight is 342 g/mol. The van der Waals surface area contributed by atoms with Gasteiger partial charge in [-0.3, -0.25) is 4.79 Å². The molecule has 4 nitrogen and oxygen atoms in total. The van der Waals surface area contributed by atoms with Crippen molar-refractivity contribution in [1.82, 2.24) is 0 Å². The Hall–Kier alpha value is -2.56. The first-order valence-corrected chi connectivity index (χ1v) is 8.71. The van der Waals surface area contributed by atoms with E-state index in [-0.39, 0.29) is 18.3 Å². The van der Waals surface area contributed by atoms with Crippen LogP contribution in [0.2, 0.25) is 0 Å². The minimum absolute atomic E-state index is 0.110. The zero-order valence-electron chi connectivity index (χ0n) is 14.4. The zero-order valence-corrected chi connectivity index (χ0v) is 14.4. The molecule has 0 spiro atoms.